The van der Waals surface area contributed by atoms with Gasteiger partial charge in [0.2, 0.25) is 0 Å². The first kappa shape index (κ1) is 30.1. The number of aliphatic imine (C=N–C) groups is 1. The number of esters is 1. The van der Waals surface area contributed by atoms with Crippen molar-refractivity contribution in [2.24, 2.45) is 10.9 Å². The summed E-state index contributed by atoms with van der Waals surface area (Å²) in [6, 6.07) is 5.82. The van der Waals surface area contributed by atoms with Crippen LogP contribution in [0.15, 0.2) is 64.3 Å². The summed E-state index contributed by atoms with van der Waals surface area (Å²) in [6.07, 6.45) is 4.61. The van der Waals surface area contributed by atoms with Crippen LogP contribution in [-0.4, -0.2) is 72.2 Å². The Morgan fingerprint density at radius 3 is 2.73 bits per heavy atom. The highest BCUT2D eigenvalue weighted by atomic mass is 35.5. The zero-order valence-corrected chi connectivity index (χ0v) is 22.0. The van der Waals surface area contributed by atoms with Crippen molar-refractivity contribution in [1.82, 2.24) is 15.2 Å². The van der Waals surface area contributed by atoms with E-state index in [0.717, 1.165) is 10.7 Å². The highest BCUT2D eigenvalue weighted by molar-refractivity contribution is 7.11. The number of carboxylic acid groups (broad SMARTS) is 1. The molecule has 4 rings (SSSR count). The molecule has 0 aliphatic carbocycles. The number of ether oxygens (including phenoxy) is 1. The van der Waals surface area contributed by atoms with Crippen LogP contribution in [0.4, 0.5) is 8.78 Å². The number of hydrogen-bond donors (Lipinski definition) is 2. The van der Waals surface area contributed by atoms with Gasteiger partial charge in [0.05, 0.1) is 18.7 Å². The van der Waals surface area contributed by atoms with E-state index in [2.05, 4.69) is 15.3 Å². The van der Waals surface area contributed by atoms with Crippen LogP contribution in [0.2, 0.25) is 5.02 Å². The van der Waals surface area contributed by atoms with Crippen molar-refractivity contribution in [1.29, 1.82) is 0 Å². The lowest BCUT2D eigenvalue weighted by atomic mass is 10.1. The Balaban J connectivity index is 0.000000365. The van der Waals surface area contributed by atoms with Crippen LogP contribution in [0.1, 0.15) is 18.9 Å². The summed E-state index contributed by atoms with van der Waals surface area (Å²) < 4.78 is 31.4. The molecule has 2 N–H and O–H groups in total. The Labute approximate surface area is 223 Å². The van der Waals surface area contributed by atoms with Crippen LogP contribution in [0.25, 0.3) is 0 Å². The molecule has 2 aliphatic heterocycles. The highest BCUT2D eigenvalue weighted by Crippen LogP contribution is 2.24. The highest BCUT2D eigenvalue weighted by Gasteiger charge is 2.33. The minimum atomic E-state index is -0.895. The average Bonchev–Trinajstić information content (AvgIpc) is 3.51. The number of amidine groups is 1. The fourth-order valence-electron chi connectivity index (χ4n) is 3.62. The Kier molecular flexibility index (Phi) is 12.9. The third kappa shape index (κ3) is 9.67. The lowest BCUT2D eigenvalue weighted by Gasteiger charge is -2.24. The van der Waals surface area contributed by atoms with Gasteiger partial charge in [-0.25, -0.2) is 18.6 Å². The van der Waals surface area contributed by atoms with Gasteiger partial charge in [-0.2, -0.15) is 0 Å². The molecule has 3 heterocycles. The Hall–Kier alpha value is -3.15. The first-order valence-corrected chi connectivity index (χ1v) is 12.7. The summed E-state index contributed by atoms with van der Waals surface area (Å²) in [6.45, 7) is 5.38. The minimum absolute atomic E-state index is 0.109. The van der Waals surface area contributed by atoms with E-state index in [1.165, 1.54) is 23.5 Å². The molecule has 2 unspecified atom stereocenters. The van der Waals surface area contributed by atoms with Crippen LogP contribution in [0.3, 0.4) is 0 Å². The number of hydrogen-bond acceptors (Lipinski definition) is 8. The van der Waals surface area contributed by atoms with Gasteiger partial charge in [-0.3, -0.25) is 14.7 Å². The van der Waals surface area contributed by atoms with Crippen molar-refractivity contribution in [3.8, 4) is 0 Å². The molecule has 0 spiro atoms. The number of allylic oxidation sites excluding steroid dienone is 1. The average molecular weight is 555 g/mol. The summed E-state index contributed by atoms with van der Waals surface area (Å²) in [4.78, 5) is 31.4. The Morgan fingerprint density at radius 2 is 2.16 bits per heavy atom. The number of benzene rings is 1. The second kappa shape index (κ2) is 15.9. The van der Waals surface area contributed by atoms with E-state index in [9.17, 15) is 13.6 Å². The second-order valence-electron chi connectivity index (χ2n) is 7.75. The molecule has 12 heteroatoms. The maximum Gasteiger partial charge on any atom is 0.337 e. The number of rotatable bonds is 6. The molecule has 1 saturated heterocycles. The van der Waals surface area contributed by atoms with Crippen LogP contribution >= 0.6 is 22.9 Å². The summed E-state index contributed by atoms with van der Waals surface area (Å²) in [5.74, 6) is -0.137. The molecule has 1 fully saturated rings. The predicted octanol–water partition coefficient (Wildman–Crippen LogP) is 4.34. The number of carbonyl (C=O) groups is 2. The number of aromatic nitrogens is 1. The van der Waals surface area contributed by atoms with Crippen LogP contribution < -0.4 is 5.32 Å². The van der Waals surface area contributed by atoms with Gasteiger partial charge in [0, 0.05) is 47.8 Å². The standard InChI is InChI=1S/C18H23FN4O2S.C6H4ClF.CH2O2/c1-3-5-12-9-23(10-14(12)19)11-15-13(18(24)25-4-2)8-21-16(22-15)17-20-6-7-26-17;7-5-2-1-3-6(8)4-5;2-1-3/h3,5-7,12,14H,4,8-11H2,1-2H3,(H,21,22);1-4H;1H,(H,2,3)/b5-3+;;. The zero-order chi connectivity index (χ0) is 27.2. The number of nitrogens with one attached hydrogen (secondary N) is 1. The number of carbonyl (C=O) groups excluding carboxylic acids is 1. The zero-order valence-electron chi connectivity index (χ0n) is 20.4. The molecule has 0 bridgehead atoms. The molecular formula is C25H29ClF2N4O4S. The molecule has 0 amide bonds. The SMILES string of the molecule is C/C=C/C1CN(CC2=C(C(=O)OCC)CN=C(c3nccs3)N2)CC1F.Fc1cccc(Cl)c1.O=CO. The van der Waals surface area contributed by atoms with Crippen LogP contribution in [0, 0.1) is 11.7 Å². The normalized spacial score (nSPS) is 19.2. The van der Waals surface area contributed by atoms with Crippen LogP contribution in [-0.2, 0) is 14.3 Å². The van der Waals surface area contributed by atoms with Gasteiger partial charge in [-0.05, 0) is 32.0 Å². The predicted molar refractivity (Wildman–Crippen MR) is 140 cm³/mol. The van der Waals surface area contributed by atoms with Gasteiger partial charge in [0.15, 0.2) is 10.8 Å². The van der Waals surface area contributed by atoms with Gasteiger partial charge in [0.25, 0.3) is 6.47 Å². The van der Waals surface area contributed by atoms with Crippen LogP contribution in [0.5, 0.6) is 0 Å². The maximum atomic E-state index is 14.2. The van der Waals surface area contributed by atoms with E-state index in [-0.39, 0.29) is 30.7 Å². The molecule has 1 aromatic heterocycles. The molecule has 0 radical (unpaired) electrons. The van der Waals surface area contributed by atoms with Gasteiger partial charge in [-0.1, -0.05) is 29.8 Å². The fraction of sp³-hybridized carbons (Fsp3) is 0.360. The summed E-state index contributed by atoms with van der Waals surface area (Å²) in [7, 11) is 0. The van der Waals surface area contributed by atoms with Crippen molar-refractivity contribution in [2.45, 2.75) is 20.0 Å². The van der Waals surface area contributed by atoms with E-state index in [4.69, 9.17) is 26.2 Å². The van der Waals surface area contributed by atoms with E-state index in [0.29, 0.717) is 42.7 Å². The van der Waals surface area contributed by atoms with Gasteiger partial charge < -0.3 is 15.2 Å². The third-order valence-corrected chi connectivity index (χ3v) is 6.17. The second-order valence-corrected chi connectivity index (χ2v) is 9.08. The van der Waals surface area contributed by atoms with Crippen molar-refractivity contribution >= 4 is 41.2 Å². The number of thiazole rings is 1. The van der Waals surface area contributed by atoms with Gasteiger partial charge >= 0.3 is 5.97 Å². The molecule has 8 nitrogen and oxygen atoms in total. The Bertz CT molecular complexity index is 1090. The van der Waals surface area contributed by atoms with Crippen molar-refractivity contribution in [3.63, 3.8) is 0 Å². The van der Waals surface area contributed by atoms with Crippen molar-refractivity contribution in [3.05, 3.63) is 75.1 Å². The lowest BCUT2D eigenvalue weighted by Crippen LogP contribution is -2.38. The molecule has 37 heavy (non-hydrogen) atoms. The molecule has 2 aromatic rings. The quantitative estimate of drug-likeness (QED) is 0.311. The van der Waals surface area contributed by atoms with E-state index < -0.39 is 6.17 Å². The molecule has 1 aromatic carbocycles. The molecule has 200 valence electrons. The topological polar surface area (TPSA) is 104 Å². The fourth-order valence-corrected chi connectivity index (χ4v) is 4.40. The van der Waals surface area contributed by atoms with Crippen molar-refractivity contribution in [2.75, 3.05) is 32.8 Å². The maximum absolute atomic E-state index is 14.2. The minimum Gasteiger partial charge on any atom is -0.483 e. The number of alkyl halides is 1. The largest absolute Gasteiger partial charge is 0.483 e. The summed E-state index contributed by atoms with van der Waals surface area (Å²) in [5, 5.41) is 13.2. The van der Waals surface area contributed by atoms with Gasteiger partial charge in [-0.15, -0.1) is 11.3 Å². The monoisotopic (exact) mass is 554 g/mol. The van der Waals surface area contributed by atoms with E-state index in [1.54, 1.807) is 25.3 Å². The van der Waals surface area contributed by atoms with Gasteiger partial charge in [0.1, 0.15) is 12.0 Å². The summed E-state index contributed by atoms with van der Waals surface area (Å²) in [5.41, 5.74) is 1.22. The van der Waals surface area contributed by atoms with E-state index >= 15 is 0 Å². The molecule has 0 saturated carbocycles. The molecular weight excluding hydrogens is 526 g/mol. The first-order chi connectivity index (χ1) is 17.8. The molecule has 2 aliphatic rings. The molecule has 2 atom stereocenters. The number of halogens is 3. The number of likely N-dealkylation sites (tertiary alicyclic amines) is 1. The van der Waals surface area contributed by atoms with E-state index in [1.807, 2.05) is 29.4 Å². The number of nitrogens with zero attached hydrogens (tertiary/aromatic N) is 3. The first-order valence-electron chi connectivity index (χ1n) is 11.4. The smallest absolute Gasteiger partial charge is 0.337 e. The summed E-state index contributed by atoms with van der Waals surface area (Å²) >= 11 is 6.88. The third-order valence-electron chi connectivity index (χ3n) is 5.16. The Morgan fingerprint density at radius 1 is 1.41 bits per heavy atom. The van der Waals surface area contributed by atoms with Crippen molar-refractivity contribution < 1.29 is 28.2 Å². The lowest BCUT2D eigenvalue weighted by molar-refractivity contribution is -0.138.